The number of nitro benzene ring substituents is 1. The average Bonchev–Trinajstić information content (AvgIpc) is 2.87. The Kier molecular flexibility index (Phi) is 9.31. The van der Waals surface area contributed by atoms with Crippen molar-refractivity contribution in [3.05, 3.63) is 117 Å². The van der Waals surface area contributed by atoms with Crippen LogP contribution in [0.3, 0.4) is 0 Å². The van der Waals surface area contributed by atoms with Crippen molar-refractivity contribution < 1.29 is 40.0 Å². The van der Waals surface area contributed by atoms with Crippen LogP contribution in [0.25, 0.3) is 11.4 Å². The Bertz CT molecular complexity index is 1860. The van der Waals surface area contributed by atoms with E-state index in [1.54, 1.807) is 0 Å². The first-order valence-corrected chi connectivity index (χ1v) is 11.9. The predicted molar refractivity (Wildman–Crippen MR) is 136 cm³/mol. The summed E-state index contributed by atoms with van der Waals surface area (Å²) >= 11 is 11.1. The fraction of sp³-hybridized carbons (Fsp3) is 0.167. The molecule has 0 spiro atoms. The summed E-state index contributed by atoms with van der Waals surface area (Å²) in [6.07, 6.45) is -8.66. The molecular formula is C24H13Cl2F8N5O4. The minimum Gasteiger partial charge on any atom is -0.267 e. The van der Waals surface area contributed by atoms with Crippen molar-refractivity contribution in [2.24, 2.45) is 0 Å². The van der Waals surface area contributed by atoms with Crippen LogP contribution in [-0.4, -0.2) is 24.5 Å². The number of hydrogen-bond donors (Lipinski definition) is 0. The van der Waals surface area contributed by atoms with Crippen molar-refractivity contribution in [2.75, 3.05) is 0 Å². The Morgan fingerprint density at radius 1 is 0.767 bits per heavy atom. The van der Waals surface area contributed by atoms with Crippen molar-refractivity contribution in [2.45, 2.75) is 26.2 Å². The highest BCUT2D eigenvalue weighted by atomic mass is 35.5. The Morgan fingerprint density at radius 2 is 1.21 bits per heavy atom. The molecule has 0 atom stereocenters. The molecule has 2 aromatic carbocycles. The number of aromatic nitrogens is 4. The molecule has 0 N–H and O–H groups in total. The molecule has 0 radical (unpaired) electrons. The zero-order valence-electron chi connectivity index (χ0n) is 21.2. The summed E-state index contributed by atoms with van der Waals surface area (Å²) in [6.45, 7) is 1.91. The molecule has 2 heterocycles. The topological polar surface area (TPSA) is 113 Å². The van der Waals surface area contributed by atoms with Crippen LogP contribution in [0.5, 0.6) is 0 Å². The lowest BCUT2D eigenvalue weighted by molar-refractivity contribution is -0.384. The van der Waals surface area contributed by atoms with E-state index in [-0.39, 0.29) is 10.7 Å². The van der Waals surface area contributed by atoms with E-state index < -0.39 is 78.7 Å². The molecular weight excluding hydrogens is 645 g/mol. The Morgan fingerprint density at radius 3 is 1.63 bits per heavy atom. The van der Waals surface area contributed by atoms with Crippen molar-refractivity contribution in [3.63, 3.8) is 0 Å². The highest BCUT2D eigenvalue weighted by molar-refractivity contribution is 6.32. The van der Waals surface area contributed by atoms with Crippen LogP contribution in [0, 0.1) is 35.6 Å². The molecule has 0 saturated heterocycles. The quantitative estimate of drug-likeness (QED) is 0.139. The normalized spacial score (nSPS) is 11.6. The van der Waals surface area contributed by atoms with Crippen molar-refractivity contribution in [1.29, 1.82) is 0 Å². The largest absolute Gasteiger partial charge is 0.418 e. The van der Waals surface area contributed by atoms with Gasteiger partial charge in [0.2, 0.25) is 0 Å². The second-order valence-electron chi connectivity index (χ2n) is 8.40. The zero-order valence-corrected chi connectivity index (χ0v) is 22.7. The smallest absolute Gasteiger partial charge is 0.267 e. The first-order chi connectivity index (χ1) is 19.7. The highest BCUT2D eigenvalue weighted by Gasteiger charge is 2.35. The number of alkyl halides is 6. The number of benzene rings is 2. The van der Waals surface area contributed by atoms with Gasteiger partial charge in [-0.25, -0.2) is 8.78 Å². The van der Waals surface area contributed by atoms with Crippen molar-refractivity contribution in [3.8, 4) is 11.4 Å². The molecule has 0 aliphatic carbocycles. The van der Waals surface area contributed by atoms with Gasteiger partial charge in [-0.15, -0.1) is 0 Å². The Labute approximate surface area is 243 Å². The first-order valence-electron chi connectivity index (χ1n) is 11.2. The molecule has 0 unspecified atom stereocenters. The van der Waals surface area contributed by atoms with Gasteiger partial charge in [0.25, 0.3) is 16.8 Å². The first kappa shape index (κ1) is 33.1. The van der Waals surface area contributed by atoms with E-state index in [2.05, 4.69) is 10.2 Å². The minimum atomic E-state index is -4.81. The van der Waals surface area contributed by atoms with Crippen LogP contribution in [0.4, 0.5) is 40.8 Å². The van der Waals surface area contributed by atoms with Gasteiger partial charge in [-0.3, -0.25) is 19.7 Å². The number of hydrogen-bond acceptors (Lipinski definition) is 6. The van der Waals surface area contributed by atoms with Crippen molar-refractivity contribution >= 4 is 28.9 Å². The second-order valence-corrected chi connectivity index (χ2v) is 9.25. The third-order valence-electron chi connectivity index (χ3n) is 5.63. The summed E-state index contributed by atoms with van der Waals surface area (Å²) in [5, 5.41) is 17.0. The Balaban J connectivity index is 0.000000238. The lowest BCUT2D eigenvalue weighted by Gasteiger charge is -2.12. The number of rotatable bonds is 3. The molecule has 0 aliphatic rings. The van der Waals surface area contributed by atoms with E-state index in [1.807, 2.05) is 0 Å². The van der Waals surface area contributed by atoms with Crippen LogP contribution in [0.15, 0.2) is 52.3 Å². The van der Waals surface area contributed by atoms with Crippen LogP contribution < -0.4 is 11.1 Å². The third-order valence-corrected chi connectivity index (χ3v) is 6.17. The highest BCUT2D eigenvalue weighted by Crippen LogP contribution is 2.32. The van der Waals surface area contributed by atoms with Gasteiger partial charge in [0.05, 0.1) is 28.4 Å². The lowest BCUT2D eigenvalue weighted by Crippen LogP contribution is -2.28. The third kappa shape index (κ3) is 6.99. The molecule has 0 fully saturated rings. The number of halogens is 10. The molecule has 2 aromatic heterocycles. The number of nitrogens with zero attached hydrogens (tertiary/aromatic N) is 5. The molecule has 9 nitrogen and oxygen atoms in total. The summed E-state index contributed by atoms with van der Waals surface area (Å²) in [4.78, 5) is 33.7. The predicted octanol–water partition coefficient (Wildman–Crippen LogP) is 6.61. The maximum absolute atomic E-state index is 13.9. The molecule has 228 valence electrons. The van der Waals surface area contributed by atoms with Crippen LogP contribution in [-0.2, 0) is 12.4 Å². The summed E-state index contributed by atoms with van der Waals surface area (Å²) in [5.74, 6) is -2.00. The fourth-order valence-corrected chi connectivity index (χ4v) is 3.85. The zero-order chi connectivity index (χ0) is 32.6. The van der Waals surface area contributed by atoms with Crippen LogP contribution in [0.2, 0.25) is 10.0 Å². The van der Waals surface area contributed by atoms with E-state index in [4.69, 9.17) is 23.2 Å². The average molecular weight is 658 g/mol. The van der Waals surface area contributed by atoms with E-state index in [0.717, 1.165) is 19.9 Å². The van der Waals surface area contributed by atoms with Gasteiger partial charge in [0.15, 0.2) is 5.82 Å². The lowest BCUT2D eigenvalue weighted by atomic mass is 10.2. The van der Waals surface area contributed by atoms with Crippen LogP contribution in [0.1, 0.15) is 22.3 Å². The summed E-state index contributed by atoms with van der Waals surface area (Å²) < 4.78 is 104. The van der Waals surface area contributed by atoms with Gasteiger partial charge < -0.3 is 0 Å². The monoisotopic (exact) mass is 657 g/mol. The summed E-state index contributed by atoms with van der Waals surface area (Å²) in [5.41, 5.74) is -7.65. The van der Waals surface area contributed by atoms with Gasteiger partial charge in [-0.2, -0.15) is 45.9 Å². The van der Waals surface area contributed by atoms with Gasteiger partial charge in [0.1, 0.15) is 22.2 Å². The van der Waals surface area contributed by atoms with Gasteiger partial charge in [0, 0.05) is 28.3 Å². The minimum absolute atomic E-state index is 0.0999. The molecule has 0 amide bonds. The van der Waals surface area contributed by atoms with E-state index in [0.29, 0.717) is 33.9 Å². The summed E-state index contributed by atoms with van der Waals surface area (Å²) in [7, 11) is 0. The molecule has 43 heavy (non-hydrogen) atoms. The second kappa shape index (κ2) is 12.1. The molecule has 0 aliphatic heterocycles. The van der Waals surface area contributed by atoms with Gasteiger partial charge in [-0.1, -0.05) is 23.2 Å². The van der Waals surface area contributed by atoms with E-state index in [9.17, 15) is 54.8 Å². The SMILES string of the molecule is Cc1c(C(F)(F)F)cnn(-c2cc([N+](=O)[O-])c(Cl)cc2F)c1=O.Cc1c(C(F)(F)F)cnn(-c2ccc(Cl)cc2F)c1=O. The molecule has 19 heteroatoms. The number of nitro groups is 1. The fourth-order valence-electron chi connectivity index (χ4n) is 3.47. The Hall–Kier alpha value is -4.38. The standard InChI is InChI=1S/C12H6ClF4N3O3.C12H7ClF4N2O/c1-5-6(12(15,16)17)4-18-19(11(5)21)10-3-9(20(22)23)7(13)2-8(10)14;1-6-8(12(15,16)17)5-18-19(11(6)20)10-3-2-7(13)4-9(10)14/h2-4H,1H3;2-5H,1H3. The maximum Gasteiger partial charge on any atom is 0.418 e. The maximum atomic E-state index is 13.9. The summed E-state index contributed by atoms with van der Waals surface area (Å²) in [6, 6.07) is 4.62. The van der Waals surface area contributed by atoms with Crippen LogP contribution >= 0.6 is 23.2 Å². The molecule has 0 bridgehead atoms. The van der Waals surface area contributed by atoms with E-state index >= 15 is 0 Å². The molecule has 4 aromatic rings. The van der Waals surface area contributed by atoms with E-state index in [1.165, 1.54) is 12.1 Å². The van der Waals surface area contributed by atoms with Crippen molar-refractivity contribution in [1.82, 2.24) is 19.6 Å². The molecule has 0 saturated carbocycles. The van der Waals surface area contributed by atoms with Gasteiger partial charge >= 0.3 is 12.4 Å². The molecule has 4 rings (SSSR count). The van der Waals surface area contributed by atoms with Gasteiger partial charge in [-0.05, 0) is 32.0 Å².